The SMILES string of the molecule is O=C1CCCCN1CC1(CS(=O)(=O)c2ccc(Br)cc2)CC1. The molecule has 0 N–H and O–H groups in total. The van der Waals surface area contributed by atoms with E-state index in [1.54, 1.807) is 24.3 Å². The van der Waals surface area contributed by atoms with Crippen LogP contribution in [0.25, 0.3) is 0 Å². The summed E-state index contributed by atoms with van der Waals surface area (Å²) in [4.78, 5) is 14.2. The predicted octanol–water partition coefficient (Wildman–Crippen LogP) is 3.02. The van der Waals surface area contributed by atoms with Gasteiger partial charge in [-0.1, -0.05) is 15.9 Å². The summed E-state index contributed by atoms with van der Waals surface area (Å²) in [5.41, 5.74) is -0.223. The van der Waals surface area contributed by atoms with E-state index in [0.29, 0.717) is 17.9 Å². The molecule has 0 radical (unpaired) electrons. The predicted molar refractivity (Wildman–Crippen MR) is 88.3 cm³/mol. The largest absolute Gasteiger partial charge is 0.342 e. The number of hydrogen-bond acceptors (Lipinski definition) is 3. The molecule has 1 aliphatic carbocycles. The van der Waals surface area contributed by atoms with Gasteiger partial charge >= 0.3 is 0 Å². The van der Waals surface area contributed by atoms with Gasteiger partial charge in [-0.25, -0.2) is 8.42 Å². The normalized spacial score (nSPS) is 21.0. The second kappa shape index (κ2) is 5.96. The highest BCUT2D eigenvalue weighted by molar-refractivity contribution is 9.10. The maximum Gasteiger partial charge on any atom is 0.222 e. The average molecular weight is 386 g/mol. The van der Waals surface area contributed by atoms with Gasteiger partial charge in [-0.3, -0.25) is 4.79 Å². The molecule has 0 spiro atoms. The van der Waals surface area contributed by atoms with E-state index in [1.807, 2.05) is 4.90 Å². The summed E-state index contributed by atoms with van der Waals surface area (Å²) in [5, 5.41) is 0. The maximum atomic E-state index is 12.6. The molecule has 22 heavy (non-hydrogen) atoms. The summed E-state index contributed by atoms with van der Waals surface area (Å²) in [7, 11) is -3.30. The Morgan fingerprint density at radius 1 is 1.14 bits per heavy atom. The minimum absolute atomic E-state index is 0.144. The van der Waals surface area contributed by atoms with Crippen molar-refractivity contribution in [1.29, 1.82) is 0 Å². The van der Waals surface area contributed by atoms with Gasteiger partial charge in [0.2, 0.25) is 5.91 Å². The highest BCUT2D eigenvalue weighted by atomic mass is 79.9. The van der Waals surface area contributed by atoms with Crippen LogP contribution in [0.2, 0.25) is 0 Å². The van der Waals surface area contributed by atoms with Gasteiger partial charge in [-0.05, 0) is 49.9 Å². The Balaban J connectivity index is 1.71. The highest BCUT2D eigenvalue weighted by Crippen LogP contribution is 2.48. The lowest BCUT2D eigenvalue weighted by atomic mass is 10.1. The molecular formula is C16H20BrNO3S. The average Bonchev–Trinajstić information content (AvgIpc) is 3.20. The Morgan fingerprint density at radius 3 is 2.41 bits per heavy atom. The molecule has 0 bridgehead atoms. The lowest BCUT2D eigenvalue weighted by Crippen LogP contribution is -2.41. The molecule has 0 atom stereocenters. The van der Waals surface area contributed by atoms with Crippen molar-refractivity contribution in [3.63, 3.8) is 0 Å². The Kier molecular flexibility index (Phi) is 4.34. The van der Waals surface area contributed by atoms with Crippen molar-refractivity contribution in [3.8, 4) is 0 Å². The van der Waals surface area contributed by atoms with Gasteiger partial charge in [-0.15, -0.1) is 0 Å². The number of carbonyl (C=O) groups is 1. The van der Waals surface area contributed by atoms with Gasteiger partial charge in [-0.2, -0.15) is 0 Å². The molecule has 1 heterocycles. The van der Waals surface area contributed by atoms with Gasteiger partial charge < -0.3 is 4.90 Å². The zero-order valence-electron chi connectivity index (χ0n) is 12.4. The second-order valence-electron chi connectivity index (χ2n) is 6.49. The van der Waals surface area contributed by atoms with Crippen molar-refractivity contribution < 1.29 is 13.2 Å². The molecule has 1 aromatic carbocycles. The number of sulfone groups is 1. The van der Waals surface area contributed by atoms with Crippen molar-refractivity contribution in [2.45, 2.75) is 37.0 Å². The molecule has 3 rings (SSSR count). The van der Waals surface area contributed by atoms with E-state index in [9.17, 15) is 13.2 Å². The van der Waals surface area contributed by atoms with Crippen LogP contribution in [0.3, 0.4) is 0 Å². The van der Waals surface area contributed by atoms with Gasteiger partial charge in [0, 0.05) is 29.4 Å². The Morgan fingerprint density at radius 2 is 1.82 bits per heavy atom. The van der Waals surface area contributed by atoms with Gasteiger partial charge in [0.05, 0.1) is 10.6 Å². The molecule has 4 nitrogen and oxygen atoms in total. The zero-order valence-corrected chi connectivity index (χ0v) is 14.8. The van der Waals surface area contributed by atoms with Crippen LogP contribution in [0.1, 0.15) is 32.1 Å². The first-order valence-corrected chi connectivity index (χ1v) is 10.1. The van der Waals surface area contributed by atoms with Crippen LogP contribution in [0.15, 0.2) is 33.6 Å². The molecule has 0 unspecified atom stereocenters. The standard InChI is InChI=1S/C16H20BrNO3S/c17-13-4-6-14(7-5-13)22(20,21)12-16(8-9-16)11-18-10-2-1-3-15(18)19/h4-7H,1-3,8-12H2. The Hall–Kier alpha value is -0.880. The molecule has 1 aliphatic heterocycles. The summed E-state index contributed by atoms with van der Waals surface area (Å²) in [5.74, 6) is 0.323. The molecule has 1 saturated carbocycles. The van der Waals surface area contributed by atoms with E-state index >= 15 is 0 Å². The van der Waals surface area contributed by atoms with Crippen molar-refractivity contribution in [3.05, 3.63) is 28.7 Å². The molecule has 1 aromatic rings. The molecule has 6 heteroatoms. The fraction of sp³-hybridized carbons (Fsp3) is 0.562. The first-order valence-electron chi connectivity index (χ1n) is 7.66. The lowest BCUT2D eigenvalue weighted by molar-refractivity contribution is -0.134. The monoisotopic (exact) mass is 385 g/mol. The van der Waals surface area contributed by atoms with E-state index in [0.717, 1.165) is 36.7 Å². The van der Waals surface area contributed by atoms with Crippen LogP contribution in [0, 0.1) is 5.41 Å². The first kappa shape index (κ1) is 16.0. The van der Waals surface area contributed by atoms with Crippen molar-refractivity contribution in [2.24, 2.45) is 5.41 Å². The summed E-state index contributed by atoms with van der Waals surface area (Å²) >= 11 is 3.32. The first-order chi connectivity index (χ1) is 10.4. The van der Waals surface area contributed by atoms with Crippen LogP contribution >= 0.6 is 15.9 Å². The minimum Gasteiger partial charge on any atom is -0.342 e. The maximum absolute atomic E-state index is 12.6. The summed E-state index contributed by atoms with van der Waals surface area (Å²) < 4.78 is 26.1. The number of carbonyl (C=O) groups excluding carboxylic acids is 1. The van der Waals surface area contributed by atoms with Crippen LogP contribution in [0.5, 0.6) is 0 Å². The van der Waals surface area contributed by atoms with Crippen molar-refractivity contribution in [2.75, 3.05) is 18.8 Å². The number of rotatable bonds is 5. The molecular weight excluding hydrogens is 366 g/mol. The lowest BCUT2D eigenvalue weighted by Gasteiger charge is -2.30. The van der Waals surface area contributed by atoms with E-state index in [2.05, 4.69) is 15.9 Å². The number of piperidine rings is 1. The third kappa shape index (κ3) is 3.54. The third-order valence-electron chi connectivity index (χ3n) is 4.57. The fourth-order valence-corrected chi connectivity index (χ4v) is 5.25. The Bertz CT molecular complexity index is 665. The summed E-state index contributed by atoms with van der Waals surface area (Å²) in [6, 6.07) is 6.78. The number of benzene rings is 1. The number of likely N-dealkylation sites (tertiary alicyclic amines) is 1. The number of amides is 1. The molecule has 0 aromatic heterocycles. The van der Waals surface area contributed by atoms with Crippen LogP contribution in [-0.2, 0) is 14.6 Å². The minimum atomic E-state index is -3.30. The fourth-order valence-electron chi connectivity index (χ4n) is 3.09. The highest BCUT2D eigenvalue weighted by Gasteiger charge is 2.48. The molecule has 2 aliphatic rings. The summed E-state index contributed by atoms with van der Waals surface area (Å²) in [6.45, 7) is 1.38. The smallest absolute Gasteiger partial charge is 0.222 e. The third-order valence-corrected chi connectivity index (χ3v) is 7.09. The van der Waals surface area contributed by atoms with Crippen molar-refractivity contribution in [1.82, 2.24) is 4.90 Å². The molecule has 2 fully saturated rings. The number of hydrogen-bond donors (Lipinski definition) is 0. The van der Waals surface area contributed by atoms with E-state index in [4.69, 9.17) is 0 Å². The van der Waals surface area contributed by atoms with E-state index < -0.39 is 9.84 Å². The molecule has 1 saturated heterocycles. The van der Waals surface area contributed by atoms with Crippen molar-refractivity contribution >= 4 is 31.7 Å². The van der Waals surface area contributed by atoms with Gasteiger partial charge in [0.25, 0.3) is 0 Å². The van der Waals surface area contributed by atoms with E-state index in [-0.39, 0.29) is 17.1 Å². The van der Waals surface area contributed by atoms with E-state index in [1.165, 1.54) is 0 Å². The number of nitrogens with zero attached hydrogens (tertiary/aromatic N) is 1. The molecule has 120 valence electrons. The summed E-state index contributed by atoms with van der Waals surface area (Å²) in [6.07, 6.45) is 4.38. The van der Waals surface area contributed by atoms with Gasteiger partial charge in [0.15, 0.2) is 9.84 Å². The van der Waals surface area contributed by atoms with Crippen LogP contribution in [0.4, 0.5) is 0 Å². The number of halogens is 1. The van der Waals surface area contributed by atoms with Crippen LogP contribution in [-0.4, -0.2) is 38.1 Å². The molecule has 1 amide bonds. The topological polar surface area (TPSA) is 54.5 Å². The second-order valence-corrected chi connectivity index (χ2v) is 9.39. The van der Waals surface area contributed by atoms with Gasteiger partial charge in [0.1, 0.15) is 0 Å². The van der Waals surface area contributed by atoms with Crippen LogP contribution < -0.4 is 0 Å². The Labute approximate surface area is 139 Å². The quantitative estimate of drug-likeness (QED) is 0.782. The zero-order chi connectivity index (χ0) is 15.8.